The van der Waals surface area contributed by atoms with Crippen molar-refractivity contribution < 1.29 is 14.4 Å². The number of hydrogen-bond donors (Lipinski definition) is 1. The van der Waals surface area contributed by atoms with Crippen molar-refractivity contribution in [3.8, 4) is 0 Å². The van der Waals surface area contributed by atoms with E-state index in [0.717, 1.165) is 18.7 Å². The first-order valence-electron chi connectivity index (χ1n) is 7.32. The van der Waals surface area contributed by atoms with Gasteiger partial charge in [0.25, 0.3) is 0 Å². The summed E-state index contributed by atoms with van der Waals surface area (Å²) in [7, 11) is 0. The van der Waals surface area contributed by atoms with Crippen LogP contribution in [0.2, 0.25) is 0 Å². The highest BCUT2D eigenvalue weighted by Crippen LogP contribution is 2.47. The van der Waals surface area contributed by atoms with E-state index in [2.05, 4.69) is 10.1 Å². The Balaban J connectivity index is 1.65. The first-order valence-corrected chi connectivity index (χ1v) is 7.32. The second kappa shape index (κ2) is 5.31. The van der Waals surface area contributed by atoms with Gasteiger partial charge in [-0.05, 0) is 19.3 Å². The van der Waals surface area contributed by atoms with Crippen LogP contribution in [-0.2, 0) is 4.79 Å². The molecule has 0 amide bonds. The van der Waals surface area contributed by atoms with Gasteiger partial charge in [0, 0.05) is 5.92 Å². The van der Waals surface area contributed by atoms with E-state index in [-0.39, 0.29) is 11.8 Å². The summed E-state index contributed by atoms with van der Waals surface area (Å²) in [4.78, 5) is 15.3. The number of hydrogen-bond acceptors (Lipinski definition) is 4. The predicted molar refractivity (Wildman–Crippen MR) is 67.8 cm³/mol. The molecule has 1 heterocycles. The number of nitrogens with zero attached hydrogens (tertiary/aromatic N) is 2. The van der Waals surface area contributed by atoms with E-state index in [1.807, 2.05) is 0 Å². The lowest BCUT2D eigenvalue weighted by Gasteiger charge is -2.15. The summed E-state index contributed by atoms with van der Waals surface area (Å²) in [6, 6.07) is 0. The monoisotopic (exact) mass is 264 g/mol. The molecule has 1 aromatic rings. The molecule has 19 heavy (non-hydrogen) atoms. The Bertz CT molecular complexity index is 449. The molecule has 104 valence electrons. The summed E-state index contributed by atoms with van der Waals surface area (Å²) < 4.78 is 5.27. The maximum atomic E-state index is 10.8. The van der Waals surface area contributed by atoms with Crippen LogP contribution in [0, 0.1) is 5.92 Å². The smallest absolute Gasteiger partial charge is 0.307 e. The van der Waals surface area contributed by atoms with E-state index in [0.29, 0.717) is 18.2 Å². The van der Waals surface area contributed by atoms with Gasteiger partial charge in [-0.2, -0.15) is 4.98 Å². The van der Waals surface area contributed by atoms with Crippen LogP contribution in [-0.4, -0.2) is 21.2 Å². The van der Waals surface area contributed by atoms with Crippen molar-refractivity contribution in [2.24, 2.45) is 5.92 Å². The van der Waals surface area contributed by atoms with Crippen LogP contribution in [0.25, 0.3) is 0 Å². The molecule has 2 fully saturated rings. The van der Waals surface area contributed by atoms with Crippen LogP contribution in [0.3, 0.4) is 0 Å². The Kier molecular flexibility index (Phi) is 3.53. The zero-order valence-corrected chi connectivity index (χ0v) is 11.0. The molecule has 5 nitrogen and oxygen atoms in total. The Morgan fingerprint density at radius 3 is 2.47 bits per heavy atom. The summed E-state index contributed by atoms with van der Waals surface area (Å²) >= 11 is 0. The lowest BCUT2D eigenvalue weighted by atomic mass is 9.91. The molecule has 2 aliphatic rings. The van der Waals surface area contributed by atoms with Gasteiger partial charge in [-0.25, -0.2) is 0 Å². The minimum absolute atomic E-state index is 0.0488. The third-order valence-electron chi connectivity index (χ3n) is 4.35. The fourth-order valence-electron chi connectivity index (χ4n) is 3.02. The Hall–Kier alpha value is -1.39. The third-order valence-corrected chi connectivity index (χ3v) is 4.35. The van der Waals surface area contributed by atoms with E-state index in [1.165, 1.54) is 32.1 Å². The third kappa shape index (κ3) is 2.80. The zero-order valence-electron chi connectivity index (χ0n) is 11.0. The first kappa shape index (κ1) is 12.6. The molecule has 1 aromatic heterocycles. The van der Waals surface area contributed by atoms with Crippen molar-refractivity contribution >= 4 is 5.97 Å². The van der Waals surface area contributed by atoms with Crippen molar-refractivity contribution in [3.63, 3.8) is 0 Å². The Morgan fingerprint density at radius 1 is 1.16 bits per heavy atom. The second-order valence-electron chi connectivity index (χ2n) is 5.82. The standard InChI is InChI=1S/C14H20N2O3/c17-14(18)11-8-10(11)13-15-12(16-19-13)9-6-4-2-1-3-5-7-9/h9-11H,1-8H2,(H,17,18). The molecule has 2 atom stereocenters. The average Bonchev–Trinajstić information content (AvgIpc) is 3.01. The number of carboxylic acids is 1. The maximum Gasteiger partial charge on any atom is 0.307 e. The number of rotatable bonds is 3. The van der Waals surface area contributed by atoms with Crippen molar-refractivity contribution in [1.82, 2.24) is 10.1 Å². The fourth-order valence-corrected chi connectivity index (χ4v) is 3.02. The first-order chi connectivity index (χ1) is 9.25. The second-order valence-corrected chi connectivity index (χ2v) is 5.82. The van der Waals surface area contributed by atoms with Gasteiger partial charge in [-0.3, -0.25) is 4.79 Å². The lowest BCUT2D eigenvalue weighted by molar-refractivity contribution is -0.138. The summed E-state index contributed by atoms with van der Waals surface area (Å²) in [5.41, 5.74) is 0. The van der Waals surface area contributed by atoms with Gasteiger partial charge in [0.15, 0.2) is 5.82 Å². The SMILES string of the molecule is O=C(O)C1CC1c1nc(C2CCCCCCC2)no1. The molecule has 5 heteroatoms. The summed E-state index contributed by atoms with van der Waals surface area (Å²) in [6.45, 7) is 0. The maximum absolute atomic E-state index is 10.8. The highest BCUT2D eigenvalue weighted by Gasteiger charge is 2.48. The lowest BCUT2D eigenvalue weighted by Crippen LogP contribution is -2.04. The molecule has 0 aliphatic heterocycles. The average molecular weight is 264 g/mol. The fraction of sp³-hybridized carbons (Fsp3) is 0.786. The molecule has 2 unspecified atom stereocenters. The van der Waals surface area contributed by atoms with Gasteiger partial charge in [0.1, 0.15) is 0 Å². The molecule has 0 radical (unpaired) electrons. The summed E-state index contributed by atoms with van der Waals surface area (Å²) in [6.07, 6.45) is 9.30. The van der Waals surface area contributed by atoms with E-state index in [1.54, 1.807) is 0 Å². The van der Waals surface area contributed by atoms with Gasteiger partial charge in [-0.1, -0.05) is 37.3 Å². The Labute approximate surface area is 112 Å². The molecule has 0 aromatic carbocycles. The van der Waals surface area contributed by atoms with Crippen LogP contribution in [0.4, 0.5) is 0 Å². The van der Waals surface area contributed by atoms with Gasteiger partial charge < -0.3 is 9.63 Å². The van der Waals surface area contributed by atoms with Gasteiger partial charge in [-0.15, -0.1) is 0 Å². The molecule has 2 saturated carbocycles. The quantitative estimate of drug-likeness (QED) is 0.907. The van der Waals surface area contributed by atoms with Crippen LogP contribution in [0.1, 0.15) is 74.9 Å². The van der Waals surface area contributed by atoms with Crippen LogP contribution >= 0.6 is 0 Å². The number of carbonyl (C=O) groups is 1. The summed E-state index contributed by atoms with van der Waals surface area (Å²) in [5, 5.41) is 13.0. The molecule has 2 aliphatic carbocycles. The topological polar surface area (TPSA) is 76.2 Å². The van der Waals surface area contributed by atoms with Gasteiger partial charge in [0.2, 0.25) is 5.89 Å². The highest BCUT2D eigenvalue weighted by atomic mass is 16.5. The van der Waals surface area contributed by atoms with Gasteiger partial charge >= 0.3 is 5.97 Å². The van der Waals surface area contributed by atoms with Crippen LogP contribution in [0.5, 0.6) is 0 Å². The molecular formula is C14H20N2O3. The van der Waals surface area contributed by atoms with E-state index >= 15 is 0 Å². The van der Waals surface area contributed by atoms with Crippen molar-refractivity contribution in [2.45, 2.75) is 63.2 Å². The molecule has 0 saturated heterocycles. The number of aromatic nitrogens is 2. The normalized spacial score (nSPS) is 28.6. The largest absolute Gasteiger partial charge is 0.481 e. The van der Waals surface area contributed by atoms with Crippen LogP contribution in [0.15, 0.2) is 4.52 Å². The molecule has 0 spiro atoms. The number of carboxylic acid groups (broad SMARTS) is 1. The van der Waals surface area contributed by atoms with Gasteiger partial charge in [0.05, 0.1) is 11.8 Å². The zero-order chi connectivity index (χ0) is 13.2. The molecular weight excluding hydrogens is 244 g/mol. The van der Waals surface area contributed by atoms with Crippen molar-refractivity contribution in [1.29, 1.82) is 0 Å². The van der Waals surface area contributed by atoms with E-state index in [9.17, 15) is 4.79 Å². The predicted octanol–water partition coefficient (Wildman–Crippen LogP) is 3.09. The van der Waals surface area contributed by atoms with Crippen molar-refractivity contribution in [2.75, 3.05) is 0 Å². The molecule has 0 bridgehead atoms. The summed E-state index contributed by atoms with van der Waals surface area (Å²) in [5.74, 6) is 0.617. The van der Waals surface area contributed by atoms with Crippen molar-refractivity contribution in [3.05, 3.63) is 11.7 Å². The van der Waals surface area contributed by atoms with Crippen LogP contribution < -0.4 is 0 Å². The van der Waals surface area contributed by atoms with E-state index < -0.39 is 5.97 Å². The Morgan fingerprint density at radius 2 is 1.84 bits per heavy atom. The minimum atomic E-state index is -0.754. The highest BCUT2D eigenvalue weighted by molar-refractivity contribution is 5.74. The minimum Gasteiger partial charge on any atom is -0.481 e. The number of aliphatic carboxylic acids is 1. The molecule has 1 N–H and O–H groups in total. The molecule has 3 rings (SSSR count). The van der Waals surface area contributed by atoms with E-state index in [4.69, 9.17) is 9.63 Å².